The first-order valence-electron chi connectivity index (χ1n) is 12.7. The Labute approximate surface area is 221 Å². The molecule has 0 atom stereocenters. The number of anilines is 3. The molecule has 0 saturated carbocycles. The van der Waals surface area contributed by atoms with E-state index in [0.717, 1.165) is 45.2 Å². The van der Waals surface area contributed by atoms with Crippen LogP contribution in [0.5, 0.6) is 0 Å². The molecule has 0 fully saturated rings. The molecular weight excluding hydrogens is 464 g/mol. The van der Waals surface area contributed by atoms with Gasteiger partial charge >= 0.3 is 0 Å². The molecule has 38 heavy (non-hydrogen) atoms. The van der Waals surface area contributed by atoms with Crippen LogP contribution in [0, 0.1) is 0 Å². The summed E-state index contributed by atoms with van der Waals surface area (Å²) in [6.45, 7) is 0. The van der Waals surface area contributed by atoms with Crippen molar-refractivity contribution in [2.45, 2.75) is 0 Å². The summed E-state index contributed by atoms with van der Waals surface area (Å²) in [4.78, 5) is 11.7. The normalized spacial score (nSPS) is 11.2. The predicted octanol–water partition coefficient (Wildman–Crippen LogP) is 8.71. The van der Waals surface area contributed by atoms with Crippen LogP contribution in [0.2, 0.25) is 0 Å². The van der Waals surface area contributed by atoms with Gasteiger partial charge in [0.25, 0.3) is 0 Å². The van der Waals surface area contributed by atoms with Gasteiger partial charge in [-0.2, -0.15) is 0 Å². The second kappa shape index (κ2) is 9.34. The first kappa shape index (κ1) is 22.0. The fourth-order valence-corrected chi connectivity index (χ4v) is 5.15. The van der Waals surface area contributed by atoms with E-state index in [1.165, 1.54) is 10.8 Å². The van der Waals surface area contributed by atoms with Crippen LogP contribution in [-0.2, 0) is 0 Å². The highest BCUT2D eigenvalue weighted by molar-refractivity contribution is 6.10. The Bertz CT molecular complexity index is 1800. The van der Waals surface area contributed by atoms with Gasteiger partial charge in [-0.15, -0.1) is 0 Å². The van der Waals surface area contributed by atoms with Crippen molar-refractivity contribution < 1.29 is 0 Å². The molecule has 0 aliphatic heterocycles. The molecule has 0 saturated heterocycles. The van der Waals surface area contributed by atoms with E-state index in [2.05, 4.69) is 113 Å². The SMILES string of the molecule is c1ccc(-c2ncc(-n3c4ccccc4c4cc(N(c5ccccc5)c5ccccc5)ccc43)cn2)cc1. The molecule has 0 spiro atoms. The zero-order chi connectivity index (χ0) is 25.3. The molecule has 180 valence electrons. The summed E-state index contributed by atoms with van der Waals surface area (Å²) in [6, 6.07) is 46.3. The molecule has 4 nitrogen and oxygen atoms in total. The van der Waals surface area contributed by atoms with Crippen molar-refractivity contribution >= 4 is 38.9 Å². The number of hydrogen-bond donors (Lipinski definition) is 0. The van der Waals surface area contributed by atoms with Gasteiger partial charge in [0, 0.05) is 33.4 Å². The number of fused-ring (bicyclic) bond motifs is 3. The van der Waals surface area contributed by atoms with Crippen molar-refractivity contribution in [1.29, 1.82) is 0 Å². The summed E-state index contributed by atoms with van der Waals surface area (Å²) in [6.07, 6.45) is 3.82. The lowest BCUT2D eigenvalue weighted by atomic mass is 10.1. The molecule has 0 aliphatic carbocycles. The van der Waals surface area contributed by atoms with Crippen molar-refractivity contribution in [2.24, 2.45) is 0 Å². The van der Waals surface area contributed by atoms with E-state index in [1.54, 1.807) is 0 Å². The number of hydrogen-bond acceptors (Lipinski definition) is 3. The van der Waals surface area contributed by atoms with Crippen LogP contribution in [0.3, 0.4) is 0 Å². The average Bonchev–Trinajstić information content (AvgIpc) is 3.33. The largest absolute Gasteiger partial charge is 0.310 e. The minimum Gasteiger partial charge on any atom is -0.310 e. The van der Waals surface area contributed by atoms with Gasteiger partial charge in [-0.05, 0) is 48.5 Å². The maximum atomic E-state index is 4.70. The Morgan fingerprint density at radius 1 is 0.474 bits per heavy atom. The van der Waals surface area contributed by atoms with Crippen molar-refractivity contribution in [3.63, 3.8) is 0 Å². The Kier molecular flexibility index (Phi) is 5.41. The summed E-state index contributed by atoms with van der Waals surface area (Å²) in [5, 5.41) is 2.37. The van der Waals surface area contributed by atoms with E-state index < -0.39 is 0 Å². The Morgan fingerprint density at radius 2 is 1.03 bits per heavy atom. The van der Waals surface area contributed by atoms with Crippen molar-refractivity contribution in [3.8, 4) is 17.1 Å². The van der Waals surface area contributed by atoms with Crippen LogP contribution < -0.4 is 4.90 Å². The highest BCUT2D eigenvalue weighted by Gasteiger charge is 2.17. The quantitative estimate of drug-likeness (QED) is 0.243. The molecule has 0 bridgehead atoms. The van der Waals surface area contributed by atoms with Gasteiger partial charge < -0.3 is 9.47 Å². The minimum absolute atomic E-state index is 0.721. The second-order valence-electron chi connectivity index (χ2n) is 9.19. The first-order chi connectivity index (χ1) is 18.9. The van der Waals surface area contributed by atoms with Crippen LogP contribution in [0.15, 0.2) is 146 Å². The van der Waals surface area contributed by atoms with Gasteiger partial charge in [0.2, 0.25) is 0 Å². The molecule has 0 radical (unpaired) electrons. The van der Waals surface area contributed by atoms with Crippen molar-refractivity contribution in [1.82, 2.24) is 14.5 Å². The predicted molar refractivity (Wildman–Crippen MR) is 156 cm³/mol. The Hall–Kier alpha value is -5.22. The number of benzene rings is 5. The molecule has 4 heteroatoms. The molecule has 5 aromatic carbocycles. The maximum Gasteiger partial charge on any atom is 0.159 e. The van der Waals surface area contributed by atoms with Gasteiger partial charge in [-0.1, -0.05) is 84.9 Å². The highest BCUT2D eigenvalue weighted by atomic mass is 15.1. The first-order valence-corrected chi connectivity index (χ1v) is 12.7. The Morgan fingerprint density at radius 3 is 1.68 bits per heavy atom. The van der Waals surface area contributed by atoms with E-state index >= 15 is 0 Å². The smallest absolute Gasteiger partial charge is 0.159 e. The molecular formula is C34H24N4. The highest BCUT2D eigenvalue weighted by Crippen LogP contribution is 2.39. The lowest BCUT2D eigenvalue weighted by Crippen LogP contribution is -2.09. The van der Waals surface area contributed by atoms with Gasteiger partial charge in [-0.3, -0.25) is 0 Å². The summed E-state index contributed by atoms with van der Waals surface area (Å²) < 4.78 is 2.25. The topological polar surface area (TPSA) is 34.0 Å². The summed E-state index contributed by atoms with van der Waals surface area (Å²) in [7, 11) is 0. The molecule has 2 aromatic heterocycles. The van der Waals surface area contributed by atoms with E-state index in [0.29, 0.717) is 0 Å². The molecule has 0 N–H and O–H groups in total. The fraction of sp³-hybridized carbons (Fsp3) is 0. The standard InChI is InChI=1S/C34H24N4/c1-4-12-25(13-5-1)34-35-23-29(24-36-34)38-32-19-11-10-18-30(32)31-22-28(20-21-33(31)38)37(26-14-6-2-7-15-26)27-16-8-3-9-17-27/h1-24H. The van der Waals surface area contributed by atoms with E-state index in [4.69, 9.17) is 9.97 Å². The maximum absolute atomic E-state index is 4.70. The van der Waals surface area contributed by atoms with Crippen LogP contribution in [0.4, 0.5) is 17.1 Å². The van der Waals surface area contributed by atoms with Gasteiger partial charge in [0.1, 0.15) is 0 Å². The third kappa shape index (κ3) is 3.80. The lowest BCUT2D eigenvalue weighted by Gasteiger charge is -2.25. The van der Waals surface area contributed by atoms with Gasteiger partial charge in [-0.25, -0.2) is 9.97 Å². The summed E-state index contributed by atoms with van der Waals surface area (Å²) in [5.41, 5.74) is 7.53. The molecule has 0 amide bonds. The van der Waals surface area contributed by atoms with E-state index in [-0.39, 0.29) is 0 Å². The number of rotatable bonds is 5. The van der Waals surface area contributed by atoms with Crippen molar-refractivity contribution in [2.75, 3.05) is 4.90 Å². The minimum atomic E-state index is 0.721. The van der Waals surface area contributed by atoms with E-state index in [1.807, 2.05) is 42.7 Å². The molecule has 0 aliphatic rings. The van der Waals surface area contributed by atoms with Gasteiger partial charge in [0.05, 0.1) is 29.1 Å². The average molecular weight is 489 g/mol. The Balaban J connectivity index is 1.40. The molecule has 7 aromatic rings. The van der Waals surface area contributed by atoms with Crippen LogP contribution in [0.25, 0.3) is 38.9 Å². The fourth-order valence-electron chi connectivity index (χ4n) is 5.15. The summed E-state index contributed by atoms with van der Waals surface area (Å²) in [5.74, 6) is 0.721. The van der Waals surface area contributed by atoms with Crippen LogP contribution >= 0.6 is 0 Å². The van der Waals surface area contributed by atoms with Gasteiger partial charge in [0.15, 0.2) is 5.82 Å². The number of para-hydroxylation sites is 3. The van der Waals surface area contributed by atoms with E-state index in [9.17, 15) is 0 Å². The zero-order valence-corrected chi connectivity index (χ0v) is 20.6. The monoisotopic (exact) mass is 488 g/mol. The lowest BCUT2D eigenvalue weighted by molar-refractivity contribution is 1.08. The third-order valence-corrected chi connectivity index (χ3v) is 6.87. The van der Waals surface area contributed by atoms with Crippen molar-refractivity contribution in [3.05, 3.63) is 146 Å². The molecule has 2 heterocycles. The number of nitrogens with zero attached hydrogens (tertiary/aromatic N) is 4. The van der Waals surface area contributed by atoms with Crippen LogP contribution in [0.1, 0.15) is 0 Å². The molecule has 0 unspecified atom stereocenters. The zero-order valence-electron chi connectivity index (χ0n) is 20.6. The number of aromatic nitrogens is 3. The summed E-state index contributed by atoms with van der Waals surface area (Å²) >= 11 is 0. The van der Waals surface area contributed by atoms with Crippen LogP contribution in [-0.4, -0.2) is 14.5 Å². The third-order valence-electron chi connectivity index (χ3n) is 6.87. The second-order valence-corrected chi connectivity index (χ2v) is 9.19. The molecule has 7 rings (SSSR count).